The maximum atomic E-state index is 13.5. The van der Waals surface area contributed by atoms with Crippen molar-refractivity contribution in [3.63, 3.8) is 0 Å². The minimum atomic E-state index is -0.565. The van der Waals surface area contributed by atoms with E-state index >= 15 is 0 Å². The summed E-state index contributed by atoms with van der Waals surface area (Å²) < 4.78 is 13.5. The van der Waals surface area contributed by atoms with Crippen molar-refractivity contribution in [3.05, 3.63) is 65.0 Å². The first-order valence-corrected chi connectivity index (χ1v) is 9.63. The summed E-state index contributed by atoms with van der Waals surface area (Å²) in [5, 5.41) is 11.5. The molecule has 0 aliphatic carbocycles. The highest BCUT2D eigenvalue weighted by Gasteiger charge is 2.34. The van der Waals surface area contributed by atoms with Gasteiger partial charge in [0.2, 0.25) is 11.8 Å². The lowest BCUT2D eigenvalue weighted by molar-refractivity contribution is -0.136. The highest BCUT2D eigenvalue weighted by Crippen LogP contribution is 2.34. The van der Waals surface area contributed by atoms with Crippen LogP contribution in [0.1, 0.15) is 29.0 Å². The van der Waals surface area contributed by atoms with E-state index in [0.29, 0.717) is 29.9 Å². The first-order chi connectivity index (χ1) is 14.0. The van der Waals surface area contributed by atoms with Crippen molar-refractivity contribution in [1.82, 2.24) is 9.80 Å². The molecule has 0 bridgehead atoms. The fourth-order valence-electron chi connectivity index (χ4n) is 3.95. The van der Waals surface area contributed by atoms with Crippen LogP contribution in [0.25, 0.3) is 0 Å². The number of piperazine rings is 1. The molecule has 0 unspecified atom stereocenters. The van der Waals surface area contributed by atoms with E-state index in [1.807, 2.05) is 24.3 Å². The van der Waals surface area contributed by atoms with Crippen molar-refractivity contribution in [3.8, 4) is 6.07 Å². The van der Waals surface area contributed by atoms with Crippen molar-refractivity contribution in [2.75, 3.05) is 31.5 Å². The third-order valence-corrected chi connectivity index (χ3v) is 5.53. The van der Waals surface area contributed by atoms with Gasteiger partial charge in [-0.05, 0) is 35.4 Å². The summed E-state index contributed by atoms with van der Waals surface area (Å²) in [5.41, 5.74) is 2.83. The zero-order valence-corrected chi connectivity index (χ0v) is 15.9. The van der Waals surface area contributed by atoms with E-state index in [2.05, 4.69) is 16.3 Å². The Kier molecular flexibility index (Phi) is 5.28. The molecule has 1 atom stereocenters. The molecule has 4 rings (SSSR count). The van der Waals surface area contributed by atoms with Crippen molar-refractivity contribution in [2.24, 2.45) is 0 Å². The van der Waals surface area contributed by atoms with Crippen LogP contribution in [0.4, 0.5) is 10.1 Å². The lowest BCUT2D eigenvalue weighted by Crippen LogP contribution is -2.50. The number of nitrogens with zero attached hydrogens (tertiary/aromatic N) is 3. The average Bonchev–Trinajstić information content (AvgIpc) is 2.73. The minimum absolute atomic E-state index is 0.0780. The zero-order chi connectivity index (χ0) is 20.4. The molecule has 2 aromatic rings. The predicted octanol–water partition coefficient (Wildman–Crippen LogP) is 2.47. The van der Waals surface area contributed by atoms with Gasteiger partial charge in [0.25, 0.3) is 0 Å². The van der Waals surface area contributed by atoms with Gasteiger partial charge in [0.1, 0.15) is 5.82 Å². The molecule has 2 amide bonds. The summed E-state index contributed by atoms with van der Waals surface area (Å²) in [6.07, 6.45) is 0.0862. The van der Waals surface area contributed by atoms with Gasteiger partial charge in [0, 0.05) is 44.8 Å². The van der Waals surface area contributed by atoms with Crippen LogP contribution >= 0.6 is 0 Å². The molecule has 0 saturated carbocycles. The van der Waals surface area contributed by atoms with Gasteiger partial charge in [-0.25, -0.2) is 4.39 Å². The van der Waals surface area contributed by atoms with Gasteiger partial charge in [0.05, 0.1) is 17.6 Å². The quantitative estimate of drug-likeness (QED) is 0.871. The third-order valence-electron chi connectivity index (χ3n) is 5.53. The molecule has 1 saturated heterocycles. The van der Waals surface area contributed by atoms with Gasteiger partial charge in [-0.2, -0.15) is 5.26 Å². The number of carbonyl (C=O) groups excluding carboxylic acids is 2. The number of carbonyl (C=O) groups is 2. The summed E-state index contributed by atoms with van der Waals surface area (Å²) in [6, 6.07) is 13.8. The molecule has 7 heteroatoms. The Bertz CT molecular complexity index is 975. The first-order valence-electron chi connectivity index (χ1n) is 9.63. The van der Waals surface area contributed by atoms with E-state index in [-0.39, 0.29) is 18.2 Å². The van der Waals surface area contributed by atoms with Gasteiger partial charge in [-0.3, -0.25) is 14.5 Å². The van der Waals surface area contributed by atoms with Gasteiger partial charge in [-0.15, -0.1) is 0 Å². The van der Waals surface area contributed by atoms with Crippen LogP contribution in [0.2, 0.25) is 0 Å². The molecule has 148 valence electrons. The van der Waals surface area contributed by atoms with Crippen LogP contribution in [0, 0.1) is 17.1 Å². The molecule has 1 fully saturated rings. The standard InChI is InChI=1S/C22H21FN4O2/c23-17-5-6-18-19(12-21(28)25-20(18)11-17)22(29)27-9-7-26(8-10-27)14-16-3-1-15(13-24)2-4-16/h1-6,11,19H,7-10,12,14H2,(H,25,28)/t19-/m1/s1. The van der Waals surface area contributed by atoms with Crippen LogP contribution < -0.4 is 5.32 Å². The lowest BCUT2D eigenvalue weighted by atomic mass is 9.89. The Morgan fingerprint density at radius 3 is 2.55 bits per heavy atom. The smallest absolute Gasteiger partial charge is 0.230 e. The maximum absolute atomic E-state index is 13.5. The van der Waals surface area contributed by atoms with Crippen LogP contribution in [0.5, 0.6) is 0 Å². The normalized spacial score (nSPS) is 19.2. The number of halogens is 1. The average molecular weight is 392 g/mol. The van der Waals surface area contributed by atoms with Gasteiger partial charge < -0.3 is 10.2 Å². The molecule has 2 aromatic carbocycles. The summed E-state index contributed by atoms with van der Waals surface area (Å²) >= 11 is 0. The Morgan fingerprint density at radius 2 is 1.86 bits per heavy atom. The number of rotatable bonds is 3. The second-order valence-electron chi connectivity index (χ2n) is 7.45. The molecular formula is C22H21FN4O2. The Balaban J connectivity index is 1.39. The van der Waals surface area contributed by atoms with Crippen LogP contribution in [0.3, 0.4) is 0 Å². The van der Waals surface area contributed by atoms with Crippen molar-refractivity contribution >= 4 is 17.5 Å². The van der Waals surface area contributed by atoms with Crippen LogP contribution in [0.15, 0.2) is 42.5 Å². The van der Waals surface area contributed by atoms with E-state index in [1.54, 1.807) is 11.0 Å². The topological polar surface area (TPSA) is 76.4 Å². The molecule has 0 aromatic heterocycles. The zero-order valence-electron chi connectivity index (χ0n) is 15.9. The molecule has 2 aliphatic rings. The fourth-order valence-corrected chi connectivity index (χ4v) is 3.95. The number of fused-ring (bicyclic) bond motifs is 1. The number of hydrogen-bond donors (Lipinski definition) is 1. The first kappa shape index (κ1) is 19.1. The van der Waals surface area contributed by atoms with Crippen molar-refractivity contribution < 1.29 is 14.0 Å². The van der Waals surface area contributed by atoms with E-state index in [4.69, 9.17) is 5.26 Å². The fraction of sp³-hybridized carbons (Fsp3) is 0.318. The van der Waals surface area contributed by atoms with E-state index in [9.17, 15) is 14.0 Å². The molecule has 2 heterocycles. The molecule has 6 nitrogen and oxygen atoms in total. The lowest BCUT2D eigenvalue weighted by Gasteiger charge is -2.37. The Labute approximate surface area is 168 Å². The van der Waals surface area contributed by atoms with Gasteiger partial charge >= 0.3 is 0 Å². The molecule has 29 heavy (non-hydrogen) atoms. The number of nitriles is 1. The number of anilines is 1. The minimum Gasteiger partial charge on any atom is -0.340 e. The molecule has 2 aliphatic heterocycles. The Morgan fingerprint density at radius 1 is 1.14 bits per heavy atom. The maximum Gasteiger partial charge on any atom is 0.230 e. The van der Waals surface area contributed by atoms with Crippen LogP contribution in [-0.4, -0.2) is 47.8 Å². The SMILES string of the molecule is N#Cc1ccc(CN2CCN(C(=O)[C@@H]3CC(=O)Nc4cc(F)ccc43)CC2)cc1. The second kappa shape index (κ2) is 8.02. The van der Waals surface area contributed by atoms with Gasteiger partial charge in [0.15, 0.2) is 0 Å². The molecule has 1 N–H and O–H groups in total. The van der Waals surface area contributed by atoms with E-state index in [1.165, 1.54) is 12.1 Å². The molecule has 0 radical (unpaired) electrons. The monoisotopic (exact) mass is 392 g/mol. The predicted molar refractivity (Wildman–Crippen MR) is 105 cm³/mol. The largest absolute Gasteiger partial charge is 0.340 e. The summed E-state index contributed by atoms with van der Waals surface area (Å²) in [5.74, 6) is -1.34. The number of benzene rings is 2. The summed E-state index contributed by atoms with van der Waals surface area (Å²) in [4.78, 5) is 29.2. The highest BCUT2D eigenvalue weighted by molar-refractivity contribution is 6.01. The van der Waals surface area contributed by atoms with Crippen molar-refractivity contribution in [1.29, 1.82) is 5.26 Å². The van der Waals surface area contributed by atoms with Gasteiger partial charge in [-0.1, -0.05) is 18.2 Å². The Hall–Kier alpha value is -3.24. The number of amides is 2. The van der Waals surface area contributed by atoms with Crippen molar-refractivity contribution in [2.45, 2.75) is 18.9 Å². The van der Waals surface area contributed by atoms with E-state index in [0.717, 1.165) is 25.2 Å². The summed E-state index contributed by atoms with van der Waals surface area (Å²) in [7, 11) is 0. The third kappa shape index (κ3) is 4.13. The van der Waals surface area contributed by atoms with Crippen LogP contribution in [-0.2, 0) is 16.1 Å². The molecular weight excluding hydrogens is 371 g/mol. The highest BCUT2D eigenvalue weighted by atomic mass is 19.1. The molecule has 0 spiro atoms. The summed E-state index contributed by atoms with van der Waals surface area (Å²) in [6.45, 7) is 3.41. The van der Waals surface area contributed by atoms with E-state index < -0.39 is 11.7 Å². The number of hydrogen-bond acceptors (Lipinski definition) is 4. The second-order valence-corrected chi connectivity index (χ2v) is 7.45. The number of nitrogens with one attached hydrogen (secondary N) is 1.